The molecule has 0 atom stereocenters. The SMILES string of the molecule is COCCNc1cccc(F)c1NS(=O)(=O)c1ccc(C)cc1. The normalized spacial score (nSPS) is 11.3. The lowest BCUT2D eigenvalue weighted by Crippen LogP contribution is -2.17. The highest BCUT2D eigenvalue weighted by molar-refractivity contribution is 7.92. The molecule has 0 bridgehead atoms. The lowest BCUT2D eigenvalue weighted by Gasteiger charge is -2.15. The van der Waals surface area contributed by atoms with Crippen molar-refractivity contribution in [3.8, 4) is 0 Å². The smallest absolute Gasteiger partial charge is 0.262 e. The molecule has 0 saturated carbocycles. The van der Waals surface area contributed by atoms with Crippen molar-refractivity contribution in [2.45, 2.75) is 11.8 Å². The molecule has 0 aromatic heterocycles. The number of hydrogen-bond donors (Lipinski definition) is 2. The van der Waals surface area contributed by atoms with E-state index in [4.69, 9.17) is 4.74 Å². The molecular weight excluding hydrogens is 319 g/mol. The van der Waals surface area contributed by atoms with Gasteiger partial charge >= 0.3 is 0 Å². The highest BCUT2D eigenvalue weighted by Gasteiger charge is 2.18. The first kappa shape index (κ1) is 17.2. The molecule has 0 spiro atoms. The van der Waals surface area contributed by atoms with Crippen LogP contribution in [0.25, 0.3) is 0 Å². The van der Waals surface area contributed by atoms with Crippen LogP contribution in [0.15, 0.2) is 47.4 Å². The van der Waals surface area contributed by atoms with E-state index in [-0.39, 0.29) is 10.6 Å². The van der Waals surface area contributed by atoms with Gasteiger partial charge in [0.15, 0.2) is 0 Å². The van der Waals surface area contributed by atoms with Gasteiger partial charge < -0.3 is 10.1 Å². The van der Waals surface area contributed by atoms with E-state index in [1.165, 1.54) is 24.3 Å². The van der Waals surface area contributed by atoms with Gasteiger partial charge in [-0.1, -0.05) is 23.8 Å². The van der Waals surface area contributed by atoms with Crippen molar-refractivity contribution < 1.29 is 17.5 Å². The van der Waals surface area contributed by atoms with Crippen molar-refractivity contribution in [3.05, 3.63) is 53.8 Å². The first-order valence-electron chi connectivity index (χ1n) is 7.05. The van der Waals surface area contributed by atoms with Crippen LogP contribution in [-0.2, 0) is 14.8 Å². The summed E-state index contributed by atoms with van der Waals surface area (Å²) in [6.45, 7) is 2.71. The number of hydrogen-bond acceptors (Lipinski definition) is 4. The Morgan fingerprint density at radius 2 is 1.83 bits per heavy atom. The van der Waals surface area contributed by atoms with E-state index < -0.39 is 15.8 Å². The van der Waals surface area contributed by atoms with E-state index >= 15 is 0 Å². The number of anilines is 2. The summed E-state index contributed by atoms with van der Waals surface area (Å²) < 4.78 is 46.1. The van der Waals surface area contributed by atoms with Crippen LogP contribution in [0.3, 0.4) is 0 Å². The maximum Gasteiger partial charge on any atom is 0.262 e. The number of sulfonamides is 1. The summed E-state index contributed by atoms with van der Waals surface area (Å²) in [5.74, 6) is -0.650. The summed E-state index contributed by atoms with van der Waals surface area (Å²) in [6.07, 6.45) is 0. The third-order valence-corrected chi connectivity index (χ3v) is 4.57. The fraction of sp³-hybridized carbons (Fsp3) is 0.250. The van der Waals surface area contributed by atoms with Gasteiger partial charge in [-0.05, 0) is 31.2 Å². The largest absolute Gasteiger partial charge is 0.383 e. The Bertz CT molecular complexity index is 761. The zero-order valence-corrected chi connectivity index (χ0v) is 13.8. The van der Waals surface area contributed by atoms with E-state index in [1.807, 2.05) is 6.92 Å². The number of halogens is 1. The number of para-hydroxylation sites is 1. The number of benzene rings is 2. The van der Waals surface area contributed by atoms with E-state index in [1.54, 1.807) is 25.3 Å². The van der Waals surface area contributed by atoms with E-state index in [2.05, 4.69) is 10.0 Å². The third-order valence-electron chi connectivity index (χ3n) is 3.20. The molecule has 0 saturated heterocycles. The van der Waals surface area contributed by atoms with Gasteiger partial charge in [0, 0.05) is 13.7 Å². The molecule has 0 fully saturated rings. The Labute approximate surface area is 135 Å². The van der Waals surface area contributed by atoms with Crippen LogP contribution in [-0.4, -0.2) is 28.7 Å². The molecule has 0 heterocycles. The zero-order valence-electron chi connectivity index (χ0n) is 13.0. The second kappa shape index (κ2) is 7.43. The van der Waals surface area contributed by atoms with Gasteiger partial charge in [0.1, 0.15) is 11.5 Å². The van der Waals surface area contributed by atoms with Crippen LogP contribution in [0.4, 0.5) is 15.8 Å². The van der Waals surface area contributed by atoms with Crippen molar-refractivity contribution in [1.29, 1.82) is 0 Å². The predicted molar refractivity (Wildman–Crippen MR) is 88.8 cm³/mol. The first-order valence-corrected chi connectivity index (χ1v) is 8.53. The summed E-state index contributed by atoms with van der Waals surface area (Å²) in [7, 11) is -2.32. The Hall–Kier alpha value is -2.12. The highest BCUT2D eigenvalue weighted by Crippen LogP contribution is 2.27. The molecule has 2 aromatic rings. The second-order valence-electron chi connectivity index (χ2n) is 5.00. The fourth-order valence-electron chi connectivity index (χ4n) is 1.97. The first-order chi connectivity index (χ1) is 10.9. The van der Waals surface area contributed by atoms with Crippen LogP contribution < -0.4 is 10.0 Å². The van der Waals surface area contributed by atoms with Crippen molar-refractivity contribution in [2.75, 3.05) is 30.3 Å². The van der Waals surface area contributed by atoms with Crippen LogP contribution in [0.2, 0.25) is 0 Å². The highest BCUT2D eigenvalue weighted by atomic mass is 32.2. The van der Waals surface area contributed by atoms with Crippen LogP contribution >= 0.6 is 0 Å². The molecule has 23 heavy (non-hydrogen) atoms. The molecular formula is C16H19FN2O3S. The van der Waals surface area contributed by atoms with Crippen molar-refractivity contribution in [3.63, 3.8) is 0 Å². The van der Waals surface area contributed by atoms with Crippen LogP contribution in [0, 0.1) is 12.7 Å². The maximum atomic E-state index is 14.1. The molecule has 0 radical (unpaired) electrons. The third kappa shape index (κ3) is 4.43. The van der Waals surface area contributed by atoms with Gasteiger partial charge in [-0.15, -0.1) is 0 Å². The second-order valence-corrected chi connectivity index (χ2v) is 6.68. The lowest BCUT2D eigenvalue weighted by atomic mass is 10.2. The predicted octanol–water partition coefficient (Wildman–Crippen LogP) is 2.99. The van der Waals surface area contributed by atoms with Gasteiger partial charge in [0.05, 0.1) is 17.2 Å². The van der Waals surface area contributed by atoms with Crippen LogP contribution in [0.1, 0.15) is 5.56 Å². The molecule has 0 aliphatic carbocycles. The molecule has 2 N–H and O–H groups in total. The van der Waals surface area contributed by atoms with Crippen LogP contribution in [0.5, 0.6) is 0 Å². The van der Waals surface area contributed by atoms with Gasteiger partial charge in [-0.3, -0.25) is 4.72 Å². The molecule has 0 aliphatic rings. The average molecular weight is 338 g/mol. The van der Waals surface area contributed by atoms with Gasteiger partial charge in [-0.2, -0.15) is 0 Å². The molecule has 2 aromatic carbocycles. The minimum atomic E-state index is -3.87. The topological polar surface area (TPSA) is 67.4 Å². The van der Waals surface area contributed by atoms with Gasteiger partial charge in [0.2, 0.25) is 0 Å². The van der Waals surface area contributed by atoms with Crippen molar-refractivity contribution in [1.82, 2.24) is 0 Å². The summed E-state index contributed by atoms with van der Waals surface area (Å²) in [4.78, 5) is 0.0780. The zero-order chi connectivity index (χ0) is 16.9. The number of methoxy groups -OCH3 is 1. The van der Waals surface area contributed by atoms with Gasteiger partial charge in [-0.25, -0.2) is 12.8 Å². The number of rotatable bonds is 7. The fourth-order valence-corrected chi connectivity index (χ4v) is 3.06. The molecule has 124 valence electrons. The minimum Gasteiger partial charge on any atom is -0.383 e. The Morgan fingerprint density at radius 1 is 1.13 bits per heavy atom. The van der Waals surface area contributed by atoms with Crippen molar-refractivity contribution in [2.24, 2.45) is 0 Å². The number of aryl methyl sites for hydroxylation is 1. The summed E-state index contributed by atoms with van der Waals surface area (Å²) >= 11 is 0. The Morgan fingerprint density at radius 3 is 2.48 bits per heavy atom. The quantitative estimate of drug-likeness (QED) is 0.762. The van der Waals surface area contributed by atoms with E-state index in [0.29, 0.717) is 18.8 Å². The lowest BCUT2D eigenvalue weighted by molar-refractivity contribution is 0.211. The van der Waals surface area contributed by atoms with E-state index in [9.17, 15) is 12.8 Å². The Kier molecular flexibility index (Phi) is 5.57. The number of ether oxygens (including phenoxy) is 1. The summed E-state index contributed by atoms with van der Waals surface area (Å²) in [6, 6.07) is 10.7. The minimum absolute atomic E-state index is 0.0780. The summed E-state index contributed by atoms with van der Waals surface area (Å²) in [5.41, 5.74) is 1.19. The maximum absolute atomic E-state index is 14.1. The van der Waals surface area contributed by atoms with E-state index in [0.717, 1.165) is 5.56 Å². The molecule has 0 aliphatic heterocycles. The summed E-state index contributed by atoms with van der Waals surface area (Å²) in [5, 5.41) is 2.95. The molecule has 2 rings (SSSR count). The Balaban J connectivity index is 2.29. The molecule has 0 amide bonds. The average Bonchev–Trinajstić information content (AvgIpc) is 2.51. The molecule has 7 heteroatoms. The van der Waals surface area contributed by atoms with Crippen molar-refractivity contribution >= 4 is 21.4 Å². The molecule has 5 nitrogen and oxygen atoms in total. The standard InChI is InChI=1S/C16H19FN2O3S/c1-12-6-8-13(9-7-12)23(20,21)19-16-14(17)4-3-5-15(16)18-10-11-22-2/h3-9,18-19H,10-11H2,1-2H3. The van der Waals surface area contributed by atoms with Gasteiger partial charge in [0.25, 0.3) is 10.0 Å². The number of nitrogens with one attached hydrogen (secondary N) is 2. The molecule has 0 unspecified atom stereocenters. The monoisotopic (exact) mass is 338 g/mol.